The van der Waals surface area contributed by atoms with Crippen LogP contribution in [0.2, 0.25) is 5.02 Å². The van der Waals surface area contributed by atoms with Crippen molar-refractivity contribution in [1.29, 1.82) is 0 Å². The smallest absolute Gasteiger partial charge is 0.321 e. The van der Waals surface area contributed by atoms with Crippen molar-refractivity contribution in [1.82, 2.24) is 9.80 Å². The number of nitrogens with zero attached hydrogens (tertiary/aromatic N) is 2. The molecule has 1 N–H and O–H groups in total. The van der Waals surface area contributed by atoms with E-state index in [1.807, 2.05) is 0 Å². The second kappa shape index (κ2) is 9.45. The molecule has 0 bridgehead atoms. The Labute approximate surface area is 185 Å². The predicted molar refractivity (Wildman–Crippen MR) is 118 cm³/mol. The number of carbonyl (C=O) groups is 1. The lowest BCUT2D eigenvalue weighted by Gasteiger charge is -2.39. The highest BCUT2D eigenvalue weighted by atomic mass is 35.5. The molecule has 4 nitrogen and oxygen atoms in total. The number of rotatable bonds is 4. The molecule has 0 saturated carbocycles. The third-order valence-electron chi connectivity index (χ3n) is 5.41. The average molecular weight is 442 g/mol. The van der Waals surface area contributed by atoms with E-state index in [1.54, 1.807) is 53.4 Å². The zero-order valence-corrected chi connectivity index (χ0v) is 17.5. The van der Waals surface area contributed by atoms with E-state index in [-0.39, 0.29) is 23.7 Å². The summed E-state index contributed by atoms with van der Waals surface area (Å²) in [5.74, 6) is -0.603. The minimum atomic E-state index is -0.302. The average Bonchev–Trinajstić information content (AvgIpc) is 2.77. The van der Waals surface area contributed by atoms with Crippen LogP contribution < -0.4 is 5.32 Å². The fourth-order valence-corrected chi connectivity index (χ4v) is 4.05. The van der Waals surface area contributed by atoms with Gasteiger partial charge in [-0.3, -0.25) is 4.90 Å². The molecule has 1 aliphatic heterocycles. The maximum Gasteiger partial charge on any atom is 0.321 e. The Morgan fingerprint density at radius 1 is 0.839 bits per heavy atom. The lowest BCUT2D eigenvalue weighted by atomic mass is 9.96. The van der Waals surface area contributed by atoms with Crippen molar-refractivity contribution in [2.75, 3.05) is 31.5 Å². The van der Waals surface area contributed by atoms with E-state index in [4.69, 9.17) is 11.6 Å². The number of halogens is 3. The summed E-state index contributed by atoms with van der Waals surface area (Å²) in [6.07, 6.45) is 0. The van der Waals surface area contributed by atoms with Gasteiger partial charge in [0.05, 0.1) is 6.04 Å². The molecule has 3 aromatic carbocycles. The molecule has 0 aliphatic carbocycles. The summed E-state index contributed by atoms with van der Waals surface area (Å²) in [6.45, 7) is 2.32. The van der Waals surface area contributed by atoms with Gasteiger partial charge in [-0.15, -0.1) is 0 Å². The molecule has 0 radical (unpaired) electrons. The molecular weight excluding hydrogens is 420 g/mol. The van der Waals surface area contributed by atoms with Crippen LogP contribution in [0.3, 0.4) is 0 Å². The van der Waals surface area contributed by atoms with Gasteiger partial charge in [-0.25, -0.2) is 13.6 Å². The zero-order chi connectivity index (χ0) is 21.8. The molecule has 1 saturated heterocycles. The van der Waals surface area contributed by atoms with Gasteiger partial charge in [0.1, 0.15) is 11.6 Å². The molecule has 3 aromatic rings. The first-order valence-electron chi connectivity index (χ1n) is 10.1. The van der Waals surface area contributed by atoms with Gasteiger partial charge in [-0.1, -0.05) is 41.9 Å². The molecule has 0 unspecified atom stereocenters. The lowest BCUT2D eigenvalue weighted by Crippen LogP contribution is -2.51. The second-order valence-corrected chi connectivity index (χ2v) is 7.91. The Morgan fingerprint density at radius 2 is 1.39 bits per heavy atom. The molecule has 1 fully saturated rings. The van der Waals surface area contributed by atoms with Gasteiger partial charge in [-0.05, 0) is 53.6 Å². The minimum Gasteiger partial charge on any atom is -0.322 e. The van der Waals surface area contributed by atoms with Crippen LogP contribution >= 0.6 is 11.6 Å². The monoisotopic (exact) mass is 441 g/mol. The Morgan fingerprint density at radius 3 is 1.90 bits per heavy atom. The molecule has 1 aliphatic rings. The Balaban J connectivity index is 1.47. The SMILES string of the molecule is O=C(Nc1cccc(Cl)c1)N1CCN(C(c2ccc(F)cc2)c2ccc(F)cc2)CC1. The largest absolute Gasteiger partial charge is 0.322 e. The highest BCUT2D eigenvalue weighted by Crippen LogP contribution is 2.30. The van der Waals surface area contributed by atoms with Crippen molar-refractivity contribution < 1.29 is 13.6 Å². The summed E-state index contributed by atoms with van der Waals surface area (Å²) >= 11 is 5.99. The number of nitrogens with one attached hydrogen (secondary N) is 1. The van der Waals surface area contributed by atoms with Gasteiger partial charge in [0.2, 0.25) is 0 Å². The van der Waals surface area contributed by atoms with Gasteiger partial charge < -0.3 is 10.2 Å². The van der Waals surface area contributed by atoms with E-state index < -0.39 is 0 Å². The summed E-state index contributed by atoms with van der Waals surface area (Å²) < 4.78 is 26.9. The summed E-state index contributed by atoms with van der Waals surface area (Å²) in [5, 5.41) is 3.43. The first-order valence-corrected chi connectivity index (χ1v) is 10.4. The quantitative estimate of drug-likeness (QED) is 0.575. The standard InChI is InChI=1S/C24H22ClF2N3O/c25-19-2-1-3-22(16-19)28-24(31)30-14-12-29(13-15-30)23(17-4-8-20(26)9-5-17)18-6-10-21(27)11-7-18/h1-11,16,23H,12-15H2,(H,28,31). The molecule has 31 heavy (non-hydrogen) atoms. The number of piperazine rings is 1. The molecule has 160 valence electrons. The van der Waals surface area contributed by atoms with Crippen molar-refractivity contribution in [2.24, 2.45) is 0 Å². The van der Waals surface area contributed by atoms with Crippen LogP contribution in [0.4, 0.5) is 19.3 Å². The van der Waals surface area contributed by atoms with E-state index in [2.05, 4.69) is 10.2 Å². The lowest BCUT2D eigenvalue weighted by molar-refractivity contribution is 0.126. The molecule has 0 atom stereocenters. The van der Waals surface area contributed by atoms with Gasteiger partial charge in [0, 0.05) is 36.9 Å². The van der Waals surface area contributed by atoms with Crippen molar-refractivity contribution in [3.8, 4) is 0 Å². The number of urea groups is 1. The Hall–Kier alpha value is -2.96. The molecule has 1 heterocycles. The third kappa shape index (κ3) is 5.21. The number of anilines is 1. The van der Waals surface area contributed by atoms with E-state index in [9.17, 15) is 13.6 Å². The van der Waals surface area contributed by atoms with Gasteiger partial charge in [0.25, 0.3) is 0 Å². The number of benzene rings is 3. The van der Waals surface area contributed by atoms with Gasteiger partial charge in [-0.2, -0.15) is 0 Å². The fraction of sp³-hybridized carbons (Fsp3) is 0.208. The summed E-state index contributed by atoms with van der Waals surface area (Å²) in [4.78, 5) is 16.6. The van der Waals surface area contributed by atoms with Gasteiger partial charge in [0.15, 0.2) is 0 Å². The van der Waals surface area contributed by atoms with Crippen molar-refractivity contribution in [2.45, 2.75) is 6.04 Å². The normalized spacial score (nSPS) is 14.6. The number of hydrogen-bond acceptors (Lipinski definition) is 2. The van der Waals surface area contributed by atoms with E-state index in [0.29, 0.717) is 36.9 Å². The summed E-state index contributed by atoms with van der Waals surface area (Å²) in [5.41, 5.74) is 2.49. The van der Waals surface area contributed by atoms with Crippen molar-refractivity contribution in [3.05, 3.63) is 101 Å². The van der Waals surface area contributed by atoms with E-state index in [0.717, 1.165) is 11.1 Å². The topological polar surface area (TPSA) is 35.6 Å². The highest BCUT2D eigenvalue weighted by molar-refractivity contribution is 6.30. The number of amides is 2. The summed E-state index contributed by atoms with van der Waals surface area (Å²) in [7, 11) is 0. The van der Waals surface area contributed by atoms with Crippen molar-refractivity contribution >= 4 is 23.3 Å². The predicted octanol–water partition coefficient (Wildman–Crippen LogP) is 5.56. The maximum atomic E-state index is 13.5. The molecular formula is C24H22ClF2N3O. The first-order chi connectivity index (χ1) is 15.0. The second-order valence-electron chi connectivity index (χ2n) is 7.47. The molecule has 0 spiro atoms. The van der Waals surface area contributed by atoms with Gasteiger partial charge >= 0.3 is 6.03 Å². The van der Waals surface area contributed by atoms with Crippen LogP contribution in [0.5, 0.6) is 0 Å². The highest BCUT2D eigenvalue weighted by Gasteiger charge is 2.28. The maximum absolute atomic E-state index is 13.5. The first kappa shape index (κ1) is 21.3. The Bertz CT molecular complexity index is 990. The van der Waals surface area contributed by atoms with Crippen LogP contribution in [-0.4, -0.2) is 42.0 Å². The molecule has 4 rings (SSSR count). The van der Waals surface area contributed by atoms with Crippen LogP contribution in [-0.2, 0) is 0 Å². The number of hydrogen-bond donors (Lipinski definition) is 1. The minimum absolute atomic E-state index is 0.153. The van der Waals surface area contributed by atoms with E-state index in [1.165, 1.54) is 24.3 Å². The molecule has 0 aromatic heterocycles. The van der Waals surface area contributed by atoms with Crippen LogP contribution in [0.25, 0.3) is 0 Å². The molecule has 7 heteroatoms. The van der Waals surface area contributed by atoms with E-state index >= 15 is 0 Å². The van der Waals surface area contributed by atoms with Crippen LogP contribution in [0.1, 0.15) is 17.2 Å². The fourth-order valence-electron chi connectivity index (χ4n) is 3.86. The van der Waals surface area contributed by atoms with Crippen LogP contribution in [0.15, 0.2) is 72.8 Å². The van der Waals surface area contributed by atoms with Crippen molar-refractivity contribution in [3.63, 3.8) is 0 Å². The third-order valence-corrected chi connectivity index (χ3v) is 5.65. The molecule has 2 amide bonds. The number of carbonyl (C=O) groups excluding carboxylic acids is 1. The summed E-state index contributed by atoms with van der Waals surface area (Å²) in [6, 6.07) is 19.4. The van der Waals surface area contributed by atoms with Crippen LogP contribution in [0, 0.1) is 11.6 Å². The zero-order valence-electron chi connectivity index (χ0n) is 16.8. The Kier molecular flexibility index (Phi) is 6.49.